The van der Waals surface area contributed by atoms with E-state index in [1.165, 1.54) is 31.3 Å². The number of sulfonamides is 1. The van der Waals surface area contributed by atoms with Crippen LogP contribution in [0.25, 0.3) is 0 Å². The van der Waals surface area contributed by atoms with Gasteiger partial charge in [0.1, 0.15) is 9.84 Å². The zero-order chi connectivity index (χ0) is 14.7. The minimum atomic E-state index is -3.73. The summed E-state index contributed by atoms with van der Waals surface area (Å²) in [5.41, 5.74) is 0.359. The first-order chi connectivity index (χ1) is 8.66. The van der Waals surface area contributed by atoms with Crippen LogP contribution in [0.2, 0.25) is 0 Å². The van der Waals surface area contributed by atoms with Gasteiger partial charge in [0, 0.05) is 19.8 Å². The van der Waals surface area contributed by atoms with Crippen LogP contribution in [0.4, 0.5) is 0 Å². The predicted octanol–water partition coefficient (Wildman–Crippen LogP) is 0.223. The molecule has 0 heterocycles. The summed E-state index contributed by atoms with van der Waals surface area (Å²) in [6.45, 7) is -0.110. The van der Waals surface area contributed by atoms with Crippen LogP contribution in [0.15, 0.2) is 29.2 Å². The number of nitrogens with zero attached hydrogens (tertiary/aromatic N) is 2. The molecule has 0 bridgehead atoms. The Morgan fingerprint density at radius 3 is 2.11 bits per heavy atom. The average Bonchev–Trinajstić information content (AvgIpc) is 2.35. The molecule has 0 aliphatic rings. The van der Waals surface area contributed by atoms with Crippen molar-refractivity contribution in [1.29, 1.82) is 5.26 Å². The van der Waals surface area contributed by atoms with E-state index in [1.807, 2.05) is 6.07 Å². The SMILES string of the molecule is CN(CCS(C)(=O)=O)S(=O)(=O)c1ccc(C#N)cc1. The van der Waals surface area contributed by atoms with E-state index in [0.29, 0.717) is 5.56 Å². The molecule has 0 amide bonds. The second kappa shape index (κ2) is 5.69. The van der Waals surface area contributed by atoms with Gasteiger partial charge in [-0.3, -0.25) is 0 Å². The third-order valence-corrected chi connectivity index (χ3v) is 5.26. The molecule has 19 heavy (non-hydrogen) atoms. The van der Waals surface area contributed by atoms with Crippen LogP contribution >= 0.6 is 0 Å². The summed E-state index contributed by atoms with van der Waals surface area (Å²) in [6.07, 6.45) is 1.05. The first-order valence-electron chi connectivity index (χ1n) is 5.31. The Labute approximate surface area is 113 Å². The Balaban J connectivity index is 2.93. The molecule has 8 heteroatoms. The molecule has 0 radical (unpaired) electrons. The third kappa shape index (κ3) is 4.31. The maximum Gasteiger partial charge on any atom is 0.242 e. The molecule has 0 fully saturated rings. The fourth-order valence-electron chi connectivity index (χ4n) is 1.30. The Morgan fingerprint density at radius 2 is 1.68 bits per heavy atom. The highest BCUT2D eigenvalue weighted by molar-refractivity contribution is 7.91. The summed E-state index contributed by atoms with van der Waals surface area (Å²) in [5, 5.41) is 8.64. The molecule has 0 unspecified atom stereocenters. The topological polar surface area (TPSA) is 95.3 Å². The first kappa shape index (κ1) is 15.6. The van der Waals surface area contributed by atoms with Gasteiger partial charge < -0.3 is 0 Å². The van der Waals surface area contributed by atoms with Gasteiger partial charge >= 0.3 is 0 Å². The monoisotopic (exact) mass is 302 g/mol. The summed E-state index contributed by atoms with van der Waals surface area (Å²) in [5.74, 6) is -0.237. The molecule has 0 saturated carbocycles. The van der Waals surface area contributed by atoms with E-state index in [4.69, 9.17) is 5.26 Å². The molecule has 0 aliphatic heterocycles. The van der Waals surface area contributed by atoms with E-state index < -0.39 is 19.9 Å². The van der Waals surface area contributed by atoms with Crippen molar-refractivity contribution in [2.24, 2.45) is 0 Å². The van der Waals surface area contributed by atoms with Gasteiger partial charge in [0.2, 0.25) is 10.0 Å². The third-order valence-electron chi connectivity index (χ3n) is 2.47. The van der Waals surface area contributed by atoms with Crippen molar-refractivity contribution in [3.05, 3.63) is 29.8 Å². The molecule has 0 aliphatic carbocycles. The molecule has 104 valence electrons. The zero-order valence-electron chi connectivity index (χ0n) is 10.6. The second-order valence-electron chi connectivity index (χ2n) is 4.09. The van der Waals surface area contributed by atoms with Crippen molar-refractivity contribution < 1.29 is 16.8 Å². The number of benzene rings is 1. The van der Waals surface area contributed by atoms with E-state index in [2.05, 4.69) is 0 Å². The highest BCUT2D eigenvalue weighted by Gasteiger charge is 2.21. The van der Waals surface area contributed by atoms with Crippen molar-refractivity contribution in [1.82, 2.24) is 4.31 Å². The van der Waals surface area contributed by atoms with Gasteiger partial charge in [-0.25, -0.2) is 16.8 Å². The minimum absolute atomic E-state index is 0.0301. The van der Waals surface area contributed by atoms with Gasteiger partial charge in [-0.05, 0) is 24.3 Å². The van der Waals surface area contributed by atoms with Crippen LogP contribution in [-0.2, 0) is 19.9 Å². The van der Waals surface area contributed by atoms with Gasteiger partial charge in [-0.2, -0.15) is 9.57 Å². The minimum Gasteiger partial charge on any atom is -0.229 e. The largest absolute Gasteiger partial charge is 0.242 e. The van der Waals surface area contributed by atoms with Crippen LogP contribution in [0.1, 0.15) is 5.56 Å². The average molecular weight is 302 g/mol. The van der Waals surface area contributed by atoms with Crippen molar-refractivity contribution in [2.45, 2.75) is 4.90 Å². The van der Waals surface area contributed by atoms with Crippen LogP contribution < -0.4 is 0 Å². The molecule has 1 rings (SSSR count). The highest BCUT2D eigenvalue weighted by atomic mass is 32.2. The van der Waals surface area contributed by atoms with Crippen molar-refractivity contribution >= 4 is 19.9 Å². The summed E-state index contributed by atoms with van der Waals surface area (Å²) in [4.78, 5) is 0.0301. The van der Waals surface area contributed by atoms with E-state index in [0.717, 1.165) is 10.6 Å². The fraction of sp³-hybridized carbons (Fsp3) is 0.364. The van der Waals surface area contributed by atoms with E-state index in [-0.39, 0.29) is 17.2 Å². The number of rotatable bonds is 5. The Hall–Kier alpha value is -1.43. The summed E-state index contributed by atoms with van der Waals surface area (Å²) >= 11 is 0. The van der Waals surface area contributed by atoms with E-state index >= 15 is 0 Å². The summed E-state index contributed by atoms with van der Waals surface area (Å²) in [6, 6.07) is 7.34. The quantitative estimate of drug-likeness (QED) is 0.775. The van der Waals surface area contributed by atoms with E-state index in [9.17, 15) is 16.8 Å². The van der Waals surface area contributed by atoms with Gasteiger partial charge in [-0.15, -0.1) is 0 Å². The maximum atomic E-state index is 12.1. The lowest BCUT2D eigenvalue weighted by molar-refractivity contribution is 0.485. The smallest absolute Gasteiger partial charge is 0.229 e. The molecular formula is C11H14N2O4S2. The lowest BCUT2D eigenvalue weighted by atomic mass is 10.2. The predicted molar refractivity (Wildman–Crippen MR) is 70.7 cm³/mol. The second-order valence-corrected chi connectivity index (χ2v) is 8.40. The molecule has 1 aromatic rings. The first-order valence-corrected chi connectivity index (χ1v) is 8.81. The Morgan fingerprint density at radius 1 is 1.16 bits per heavy atom. The normalized spacial score (nSPS) is 12.3. The van der Waals surface area contributed by atoms with Crippen LogP contribution in [0, 0.1) is 11.3 Å². The Kier molecular flexibility index (Phi) is 4.68. The Bertz CT molecular complexity index is 685. The van der Waals surface area contributed by atoms with Crippen LogP contribution in [-0.4, -0.2) is 46.7 Å². The number of sulfone groups is 1. The number of nitriles is 1. The highest BCUT2D eigenvalue weighted by Crippen LogP contribution is 2.14. The van der Waals surface area contributed by atoms with Crippen LogP contribution in [0.3, 0.4) is 0 Å². The molecule has 0 N–H and O–H groups in total. The number of hydrogen-bond acceptors (Lipinski definition) is 5. The van der Waals surface area contributed by atoms with Crippen molar-refractivity contribution in [2.75, 3.05) is 25.6 Å². The molecule has 0 atom stereocenters. The summed E-state index contributed by atoms with van der Waals surface area (Å²) < 4.78 is 47.2. The molecule has 6 nitrogen and oxygen atoms in total. The van der Waals surface area contributed by atoms with Crippen molar-refractivity contribution in [3.63, 3.8) is 0 Å². The van der Waals surface area contributed by atoms with Crippen molar-refractivity contribution in [3.8, 4) is 6.07 Å². The molecular weight excluding hydrogens is 288 g/mol. The standard InChI is InChI=1S/C11H14N2O4S2/c1-13(7-8-18(2,14)15)19(16,17)11-5-3-10(9-12)4-6-11/h3-6H,7-8H2,1-2H3. The van der Waals surface area contributed by atoms with Crippen LogP contribution in [0.5, 0.6) is 0 Å². The number of hydrogen-bond donors (Lipinski definition) is 0. The van der Waals surface area contributed by atoms with Gasteiger partial charge in [0.25, 0.3) is 0 Å². The molecule has 1 aromatic carbocycles. The summed E-state index contributed by atoms with van der Waals surface area (Å²) in [7, 11) is -5.63. The zero-order valence-corrected chi connectivity index (χ0v) is 12.2. The fourth-order valence-corrected chi connectivity index (χ4v) is 3.19. The molecule has 0 aromatic heterocycles. The van der Waals surface area contributed by atoms with Gasteiger partial charge in [-0.1, -0.05) is 0 Å². The van der Waals surface area contributed by atoms with Gasteiger partial charge in [0.15, 0.2) is 0 Å². The molecule has 0 saturated heterocycles. The van der Waals surface area contributed by atoms with Gasteiger partial charge in [0.05, 0.1) is 22.3 Å². The van der Waals surface area contributed by atoms with E-state index in [1.54, 1.807) is 0 Å². The maximum absolute atomic E-state index is 12.1. The lowest BCUT2D eigenvalue weighted by Gasteiger charge is -2.16. The lowest BCUT2D eigenvalue weighted by Crippen LogP contribution is -2.31. The molecule has 0 spiro atoms.